The molecule has 2 amide bonds. The summed E-state index contributed by atoms with van der Waals surface area (Å²) in [6, 6.07) is 7.32. The van der Waals surface area contributed by atoms with Crippen molar-refractivity contribution in [2.24, 2.45) is 0 Å². The van der Waals surface area contributed by atoms with Crippen LogP contribution in [-0.2, 0) is 16.0 Å². The van der Waals surface area contributed by atoms with Crippen molar-refractivity contribution in [2.75, 3.05) is 38.5 Å². The molecule has 6 nitrogen and oxygen atoms in total. The fraction of sp³-hybridized carbons (Fsp3) is 0.579. The minimum atomic E-state index is -1.23. The van der Waals surface area contributed by atoms with Crippen molar-refractivity contribution >= 4 is 17.5 Å². The van der Waals surface area contributed by atoms with E-state index in [9.17, 15) is 14.7 Å². The van der Waals surface area contributed by atoms with Gasteiger partial charge in [-0.05, 0) is 50.4 Å². The molecule has 136 valence electrons. The number of piperazine rings is 1. The Morgan fingerprint density at radius 2 is 1.68 bits per heavy atom. The summed E-state index contributed by atoms with van der Waals surface area (Å²) < 4.78 is 0. The summed E-state index contributed by atoms with van der Waals surface area (Å²) >= 11 is 0. The first-order valence-corrected chi connectivity index (χ1v) is 9.05. The van der Waals surface area contributed by atoms with Crippen molar-refractivity contribution < 1.29 is 14.7 Å². The Balaban J connectivity index is 1.53. The number of carbonyl (C=O) groups is 2. The first kappa shape index (κ1) is 17.9. The van der Waals surface area contributed by atoms with Crippen LogP contribution >= 0.6 is 0 Å². The van der Waals surface area contributed by atoms with E-state index >= 15 is 0 Å². The van der Waals surface area contributed by atoms with E-state index in [1.807, 2.05) is 17.0 Å². The Kier molecular flexibility index (Phi) is 5.39. The van der Waals surface area contributed by atoms with Gasteiger partial charge in [0, 0.05) is 31.9 Å². The lowest BCUT2D eigenvalue weighted by Gasteiger charge is -2.32. The molecule has 25 heavy (non-hydrogen) atoms. The molecule has 2 aliphatic rings. The van der Waals surface area contributed by atoms with E-state index < -0.39 is 5.60 Å². The minimum Gasteiger partial charge on any atom is -0.380 e. The maximum Gasteiger partial charge on any atom is 0.256 e. The third-order valence-corrected chi connectivity index (χ3v) is 5.28. The van der Waals surface area contributed by atoms with Crippen molar-refractivity contribution in [2.45, 2.75) is 37.7 Å². The quantitative estimate of drug-likeness (QED) is 0.861. The van der Waals surface area contributed by atoms with Gasteiger partial charge in [-0.2, -0.15) is 0 Å². The van der Waals surface area contributed by atoms with Crippen LogP contribution in [0.1, 0.15) is 31.2 Å². The molecular weight excluding hydrogens is 318 g/mol. The van der Waals surface area contributed by atoms with Crippen LogP contribution < -0.4 is 5.32 Å². The molecule has 6 heteroatoms. The zero-order valence-corrected chi connectivity index (χ0v) is 14.8. The van der Waals surface area contributed by atoms with Crippen LogP contribution in [-0.4, -0.2) is 65.5 Å². The van der Waals surface area contributed by atoms with E-state index in [0.717, 1.165) is 44.6 Å². The van der Waals surface area contributed by atoms with Crippen LogP contribution in [0.25, 0.3) is 0 Å². The lowest BCUT2D eigenvalue weighted by atomic mass is 10.0. The molecule has 0 spiro atoms. The fourth-order valence-corrected chi connectivity index (χ4v) is 3.48. The Bertz CT molecular complexity index is 615. The van der Waals surface area contributed by atoms with Crippen LogP contribution in [0.3, 0.4) is 0 Å². The topological polar surface area (TPSA) is 72.9 Å². The number of anilines is 1. The smallest absolute Gasteiger partial charge is 0.256 e. The van der Waals surface area contributed by atoms with E-state index in [1.165, 1.54) is 0 Å². The number of rotatable bonds is 4. The second-order valence-corrected chi connectivity index (χ2v) is 7.25. The zero-order valence-electron chi connectivity index (χ0n) is 14.8. The molecule has 1 saturated carbocycles. The zero-order chi connectivity index (χ0) is 17.9. The average molecular weight is 345 g/mol. The SMILES string of the molecule is CN1CCN(C(=O)Cc2ccc(NC(=O)C3(O)CCCC3)cc2)CC1. The monoisotopic (exact) mass is 345 g/mol. The Hall–Kier alpha value is -1.92. The second kappa shape index (κ2) is 7.54. The summed E-state index contributed by atoms with van der Waals surface area (Å²) in [5, 5.41) is 13.1. The predicted molar refractivity (Wildman–Crippen MR) is 96.3 cm³/mol. The number of benzene rings is 1. The summed E-state index contributed by atoms with van der Waals surface area (Å²) in [6.45, 7) is 3.39. The van der Waals surface area contributed by atoms with Gasteiger partial charge in [0.2, 0.25) is 5.91 Å². The van der Waals surface area contributed by atoms with E-state index in [-0.39, 0.29) is 11.8 Å². The number of nitrogens with zero attached hydrogens (tertiary/aromatic N) is 2. The Morgan fingerprint density at radius 1 is 1.08 bits per heavy atom. The molecule has 0 aromatic heterocycles. The van der Waals surface area contributed by atoms with Gasteiger partial charge in [0.25, 0.3) is 5.91 Å². The van der Waals surface area contributed by atoms with Crippen molar-refractivity contribution in [1.29, 1.82) is 0 Å². The van der Waals surface area contributed by atoms with Gasteiger partial charge in [-0.3, -0.25) is 9.59 Å². The Labute approximate surface area is 148 Å². The van der Waals surface area contributed by atoms with E-state index in [0.29, 0.717) is 24.9 Å². The van der Waals surface area contributed by atoms with Crippen LogP contribution in [0.4, 0.5) is 5.69 Å². The largest absolute Gasteiger partial charge is 0.380 e. The van der Waals surface area contributed by atoms with Crippen molar-refractivity contribution in [3.8, 4) is 0 Å². The van der Waals surface area contributed by atoms with Gasteiger partial charge in [-0.15, -0.1) is 0 Å². The van der Waals surface area contributed by atoms with Gasteiger partial charge in [0.05, 0.1) is 6.42 Å². The number of carbonyl (C=O) groups excluding carboxylic acids is 2. The molecule has 1 aromatic rings. The standard InChI is InChI=1S/C19H27N3O3/c1-21-10-12-22(13-11-21)17(23)14-15-4-6-16(7-5-15)20-18(24)19(25)8-2-3-9-19/h4-7,25H,2-3,8-14H2,1H3,(H,20,24). The molecule has 1 saturated heterocycles. The molecule has 1 heterocycles. The molecular formula is C19H27N3O3. The van der Waals surface area contributed by atoms with Crippen LogP contribution in [0.2, 0.25) is 0 Å². The second-order valence-electron chi connectivity index (χ2n) is 7.25. The molecule has 0 atom stereocenters. The molecule has 2 N–H and O–H groups in total. The highest BCUT2D eigenvalue weighted by atomic mass is 16.3. The van der Waals surface area contributed by atoms with Gasteiger partial charge in [0.15, 0.2) is 0 Å². The van der Waals surface area contributed by atoms with Gasteiger partial charge < -0.3 is 20.2 Å². The van der Waals surface area contributed by atoms with Crippen LogP contribution in [0, 0.1) is 0 Å². The molecule has 2 fully saturated rings. The van der Waals surface area contributed by atoms with Crippen molar-refractivity contribution in [3.63, 3.8) is 0 Å². The van der Waals surface area contributed by atoms with Gasteiger partial charge in [-0.25, -0.2) is 0 Å². The molecule has 0 unspecified atom stereocenters. The summed E-state index contributed by atoms with van der Waals surface area (Å²) in [5.74, 6) is -0.184. The molecule has 1 aromatic carbocycles. The Morgan fingerprint density at radius 3 is 2.28 bits per heavy atom. The minimum absolute atomic E-state index is 0.144. The number of nitrogens with one attached hydrogen (secondary N) is 1. The number of likely N-dealkylation sites (N-methyl/N-ethyl adjacent to an activating group) is 1. The van der Waals surface area contributed by atoms with Gasteiger partial charge in [-0.1, -0.05) is 12.1 Å². The normalized spacial score (nSPS) is 20.5. The first-order chi connectivity index (χ1) is 12.0. The highest BCUT2D eigenvalue weighted by Gasteiger charge is 2.38. The van der Waals surface area contributed by atoms with Crippen LogP contribution in [0.15, 0.2) is 24.3 Å². The fourth-order valence-electron chi connectivity index (χ4n) is 3.48. The lowest BCUT2D eigenvalue weighted by Crippen LogP contribution is -2.47. The number of aliphatic hydroxyl groups is 1. The molecule has 1 aliphatic carbocycles. The van der Waals surface area contributed by atoms with Crippen molar-refractivity contribution in [1.82, 2.24) is 9.80 Å². The van der Waals surface area contributed by atoms with Gasteiger partial charge in [0.1, 0.15) is 5.60 Å². The molecule has 0 radical (unpaired) electrons. The maximum absolute atomic E-state index is 12.4. The first-order valence-electron chi connectivity index (χ1n) is 9.05. The predicted octanol–water partition coefficient (Wildman–Crippen LogP) is 1.25. The third-order valence-electron chi connectivity index (χ3n) is 5.28. The molecule has 0 bridgehead atoms. The summed E-state index contributed by atoms with van der Waals surface area (Å²) in [6.07, 6.45) is 3.20. The maximum atomic E-state index is 12.4. The van der Waals surface area contributed by atoms with E-state index in [1.54, 1.807) is 12.1 Å². The van der Waals surface area contributed by atoms with E-state index in [4.69, 9.17) is 0 Å². The summed E-state index contributed by atoms with van der Waals surface area (Å²) in [5.41, 5.74) is 0.360. The summed E-state index contributed by atoms with van der Waals surface area (Å²) in [7, 11) is 2.07. The highest BCUT2D eigenvalue weighted by Crippen LogP contribution is 2.30. The number of amides is 2. The lowest BCUT2D eigenvalue weighted by molar-refractivity contribution is -0.133. The summed E-state index contributed by atoms with van der Waals surface area (Å²) in [4.78, 5) is 28.7. The van der Waals surface area contributed by atoms with Gasteiger partial charge >= 0.3 is 0 Å². The van der Waals surface area contributed by atoms with Crippen molar-refractivity contribution in [3.05, 3.63) is 29.8 Å². The average Bonchev–Trinajstić information content (AvgIpc) is 3.05. The third kappa shape index (κ3) is 4.38. The van der Waals surface area contributed by atoms with Crippen LogP contribution in [0.5, 0.6) is 0 Å². The highest BCUT2D eigenvalue weighted by molar-refractivity contribution is 5.97. The molecule has 3 rings (SSSR count). The molecule has 1 aliphatic heterocycles. The number of hydrogen-bond donors (Lipinski definition) is 2. The van der Waals surface area contributed by atoms with E-state index in [2.05, 4.69) is 17.3 Å². The number of hydrogen-bond acceptors (Lipinski definition) is 4.